The molecule has 1 amide bonds. The molecule has 1 atom stereocenters. The van der Waals surface area contributed by atoms with Crippen LogP contribution in [0.1, 0.15) is 41.9 Å². The van der Waals surface area contributed by atoms with Gasteiger partial charge in [0, 0.05) is 38.3 Å². The Morgan fingerprint density at radius 2 is 1.78 bits per heavy atom. The van der Waals surface area contributed by atoms with Crippen LogP contribution in [0.2, 0.25) is 0 Å². The molecule has 0 N–H and O–H groups in total. The zero-order valence-corrected chi connectivity index (χ0v) is 15.7. The van der Waals surface area contributed by atoms with E-state index in [4.69, 9.17) is 0 Å². The van der Waals surface area contributed by atoms with E-state index in [1.807, 2.05) is 23.1 Å². The molecule has 1 fully saturated rings. The smallest absolute Gasteiger partial charge is 0.230 e. The Balaban J connectivity index is 1.41. The van der Waals surface area contributed by atoms with Gasteiger partial charge in [0.05, 0.1) is 5.92 Å². The van der Waals surface area contributed by atoms with Gasteiger partial charge < -0.3 is 4.90 Å². The van der Waals surface area contributed by atoms with Crippen molar-refractivity contribution in [1.29, 1.82) is 0 Å². The van der Waals surface area contributed by atoms with Crippen LogP contribution < -0.4 is 0 Å². The molecule has 4 heteroatoms. The number of aryl methyl sites for hydroxylation is 1. The summed E-state index contributed by atoms with van der Waals surface area (Å²) in [5.41, 5.74) is 3.29. The van der Waals surface area contributed by atoms with Gasteiger partial charge in [0.1, 0.15) is 5.82 Å². The van der Waals surface area contributed by atoms with E-state index < -0.39 is 0 Å². The van der Waals surface area contributed by atoms with Gasteiger partial charge >= 0.3 is 0 Å². The molecule has 142 valence electrons. The Hall–Kier alpha value is -2.20. The zero-order valence-electron chi connectivity index (χ0n) is 15.7. The Labute approximate surface area is 160 Å². The van der Waals surface area contributed by atoms with Gasteiger partial charge in [-0.25, -0.2) is 4.39 Å². The molecule has 0 radical (unpaired) electrons. The second-order valence-electron chi connectivity index (χ2n) is 7.69. The van der Waals surface area contributed by atoms with Crippen molar-refractivity contribution in [2.45, 2.75) is 38.1 Å². The van der Waals surface area contributed by atoms with Crippen molar-refractivity contribution in [2.75, 3.05) is 26.2 Å². The number of halogens is 1. The summed E-state index contributed by atoms with van der Waals surface area (Å²) >= 11 is 0. The van der Waals surface area contributed by atoms with Crippen molar-refractivity contribution in [3.8, 4) is 0 Å². The molecule has 4 rings (SSSR count). The first-order chi connectivity index (χ1) is 13.2. The minimum atomic E-state index is -0.145. The van der Waals surface area contributed by atoms with Gasteiger partial charge in [0.2, 0.25) is 5.91 Å². The van der Waals surface area contributed by atoms with E-state index in [2.05, 4.69) is 23.1 Å². The predicted octanol–water partition coefficient (Wildman–Crippen LogP) is 3.98. The molecular weight excluding hydrogens is 339 g/mol. The fourth-order valence-electron chi connectivity index (χ4n) is 4.45. The summed E-state index contributed by atoms with van der Waals surface area (Å²) in [6.07, 6.45) is 4.05. The normalized spacial score (nSPS) is 20.8. The second-order valence-corrected chi connectivity index (χ2v) is 7.69. The summed E-state index contributed by atoms with van der Waals surface area (Å²) in [5.74, 6) is 0.136. The van der Waals surface area contributed by atoms with E-state index in [9.17, 15) is 9.18 Å². The van der Waals surface area contributed by atoms with Crippen molar-refractivity contribution in [3.63, 3.8) is 0 Å². The van der Waals surface area contributed by atoms with Gasteiger partial charge in [0.15, 0.2) is 0 Å². The Kier molecular flexibility index (Phi) is 5.53. The van der Waals surface area contributed by atoms with Crippen molar-refractivity contribution in [1.82, 2.24) is 9.80 Å². The van der Waals surface area contributed by atoms with E-state index in [-0.39, 0.29) is 17.6 Å². The summed E-state index contributed by atoms with van der Waals surface area (Å²) in [6.45, 7) is 3.84. The molecule has 1 heterocycles. The van der Waals surface area contributed by atoms with Gasteiger partial charge in [-0.2, -0.15) is 0 Å². The van der Waals surface area contributed by atoms with E-state index in [1.54, 1.807) is 6.07 Å². The van der Waals surface area contributed by atoms with Crippen molar-refractivity contribution < 1.29 is 9.18 Å². The molecule has 27 heavy (non-hydrogen) atoms. The summed E-state index contributed by atoms with van der Waals surface area (Å²) in [4.78, 5) is 17.5. The minimum Gasteiger partial charge on any atom is -0.341 e. The van der Waals surface area contributed by atoms with Gasteiger partial charge in [-0.05, 0) is 42.9 Å². The molecule has 0 saturated carbocycles. The van der Waals surface area contributed by atoms with Crippen LogP contribution in [0, 0.1) is 5.82 Å². The quantitative estimate of drug-likeness (QED) is 0.820. The highest BCUT2D eigenvalue weighted by atomic mass is 19.1. The predicted molar refractivity (Wildman–Crippen MR) is 105 cm³/mol. The van der Waals surface area contributed by atoms with Crippen LogP contribution in [0.5, 0.6) is 0 Å². The number of benzene rings is 2. The average Bonchev–Trinajstić information content (AvgIpc) is 2.94. The third kappa shape index (κ3) is 4.06. The first kappa shape index (κ1) is 18.2. The summed E-state index contributed by atoms with van der Waals surface area (Å²) in [7, 11) is 0. The first-order valence-electron chi connectivity index (χ1n) is 10.0. The SMILES string of the molecule is O=C(C1CCCc2ccccc21)N1CCCN(Cc2ccccc2F)CC1. The second kappa shape index (κ2) is 8.22. The van der Waals surface area contributed by atoms with Crippen LogP contribution in [0.3, 0.4) is 0 Å². The maximum absolute atomic E-state index is 13.9. The third-order valence-corrected chi connectivity index (χ3v) is 5.92. The van der Waals surface area contributed by atoms with E-state index in [1.165, 1.54) is 17.2 Å². The average molecular weight is 366 g/mol. The van der Waals surface area contributed by atoms with Crippen molar-refractivity contribution in [3.05, 3.63) is 71.0 Å². The van der Waals surface area contributed by atoms with Crippen LogP contribution in [0.25, 0.3) is 0 Å². The largest absolute Gasteiger partial charge is 0.341 e. The zero-order chi connectivity index (χ0) is 18.6. The lowest BCUT2D eigenvalue weighted by molar-refractivity contribution is -0.133. The van der Waals surface area contributed by atoms with Crippen molar-refractivity contribution in [2.24, 2.45) is 0 Å². The molecule has 0 aromatic heterocycles. The summed E-state index contributed by atoms with van der Waals surface area (Å²) in [6, 6.07) is 15.4. The van der Waals surface area contributed by atoms with E-state index in [0.29, 0.717) is 6.54 Å². The van der Waals surface area contributed by atoms with Gasteiger partial charge in [-0.15, -0.1) is 0 Å². The Morgan fingerprint density at radius 3 is 2.67 bits per heavy atom. The Morgan fingerprint density at radius 1 is 0.963 bits per heavy atom. The lowest BCUT2D eigenvalue weighted by Crippen LogP contribution is -2.39. The molecule has 1 saturated heterocycles. The monoisotopic (exact) mass is 366 g/mol. The van der Waals surface area contributed by atoms with Crippen LogP contribution >= 0.6 is 0 Å². The third-order valence-electron chi connectivity index (χ3n) is 5.92. The molecule has 2 aromatic carbocycles. The maximum atomic E-state index is 13.9. The van der Waals surface area contributed by atoms with Crippen LogP contribution in [-0.2, 0) is 17.8 Å². The van der Waals surface area contributed by atoms with Crippen LogP contribution in [0.15, 0.2) is 48.5 Å². The molecule has 1 unspecified atom stereocenters. The molecule has 3 nitrogen and oxygen atoms in total. The van der Waals surface area contributed by atoms with Crippen LogP contribution in [0.4, 0.5) is 4.39 Å². The number of fused-ring (bicyclic) bond motifs is 1. The standard InChI is InChI=1S/C23H27FN2O/c24-22-12-4-2-8-19(22)17-25-13-6-14-26(16-15-25)23(27)21-11-5-9-18-7-1-3-10-20(18)21/h1-4,7-8,10,12,21H,5-6,9,11,13-17H2. The molecule has 1 aliphatic heterocycles. The number of hydrogen-bond acceptors (Lipinski definition) is 2. The molecule has 1 aliphatic carbocycles. The van der Waals surface area contributed by atoms with E-state index in [0.717, 1.165) is 57.4 Å². The van der Waals surface area contributed by atoms with Gasteiger partial charge in [-0.1, -0.05) is 42.5 Å². The summed E-state index contributed by atoms with van der Waals surface area (Å²) < 4.78 is 13.9. The highest BCUT2D eigenvalue weighted by Gasteiger charge is 2.30. The van der Waals surface area contributed by atoms with Crippen molar-refractivity contribution >= 4 is 5.91 Å². The number of hydrogen-bond donors (Lipinski definition) is 0. The highest BCUT2D eigenvalue weighted by molar-refractivity contribution is 5.84. The topological polar surface area (TPSA) is 23.6 Å². The fraction of sp³-hybridized carbons (Fsp3) is 0.435. The molecular formula is C23H27FN2O. The Bertz CT molecular complexity index is 806. The lowest BCUT2D eigenvalue weighted by atomic mass is 9.82. The van der Waals surface area contributed by atoms with Gasteiger partial charge in [-0.3, -0.25) is 9.69 Å². The fourth-order valence-corrected chi connectivity index (χ4v) is 4.45. The molecule has 2 aromatic rings. The lowest BCUT2D eigenvalue weighted by Gasteiger charge is -2.30. The number of carbonyl (C=O) groups excluding carboxylic acids is 1. The number of amides is 1. The summed E-state index contributed by atoms with van der Waals surface area (Å²) in [5, 5.41) is 0. The minimum absolute atomic E-state index is 0.00747. The molecule has 0 bridgehead atoms. The molecule has 2 aliphatic rings. The first-order valence-corrected chi connectivity index (χ1v) is 10.0. The highest BCUT2D eigenvalue weighted by Crippen LogP contribution is 2.33. The van der Waals surface area contributed by atoms with Crippen LogP contribution in [-0.4, -0.2) is 41.9 Å². The number of rotatable bonds is 3. The number of carbonyl (C=O) groups is 1. The van der Waals surface area contributed by atoms with Gasteiger partial charge in [0.25, 0.3) is 0 Å². The molecule has 0 spiro atoms. The number of nitrogens with zero attached hydrogens (tertiary/aromatic N) is 2. The maximum Gasteiger partial charge on any atom is 0.230 e. The van der Waals surface area contributed by atoms with E-state index >= 15 is 0 Å².